The van der Waals surface area contributed by atoms with E-state index in [0.29, 0.717) is 11.8 Å². The first-order valence-corrected chi connectivity index (χ1v) is 8.07. The number of likely N-dealkylation sites (tertiary alicyclic amines) is 1. The molecule has 116 valence electrons. The van der Waals surface area contributed by atoms with Crippen molar-refractivity contribution in [2.75, 3.05) is 45.8 Å². The number of nitrogens with zero attached hydrogens (tertiary/aromatic N) is 3. The van der Waals surface area contributed by atoms with Gasteiger partial charge < -0.3 is 14.2 Å². The number of carbonyl (C=O) groups excluding carboxylic acids is 1. The summed E-state index contributed by atoms with van der Waals surface area (Å²) in [4.78, 5) is 19.3. The molecule has 0 bridgehead atoms. The quantitative estimate of drug-likeness (QED) is 0.846. The largest absolute Gasteiger partial charge is 0.459 e. The molecular weight excluding hydrogens is 266 g/mol. The number of hydrogen-bond acceptors (Lipinski definition) is 4. The Morgan fingerprint density at radius 2 is 1.90 bits per heavy atom. The van der Waals surface area contributed by atoms with Gasteiger partial charge in [-0.3, -0.25) is 9.69 Å². The van der Waals surface area contributed by atoms with E-state index in [9.17, 15) is 4.79 Å². The molecule has 0 unspecified atom stereocenters. The molecule has 0 saturated carbocycles. The summed E-state index contributed by atoms with van der Waals surface area (Å²) >= 11 is 0. The summed E-state index contributed by atoms with van der Waals surface area (Å²) in [7, 11) is 0. The maximum Gasteiger partial charge on any atom is 0.289 e. The van der Waals surface area contributed by atoms with Gasteiger partial charge in [0.05, 0.1) is 6.26 Å². The number of piperazine rings is 1. The zero-order chi connectivity index (χ0) is 14.7. The van der Waals surface area contributed by atoms with E-state index < -0.39 is 0 Å². The molecule has 21 heavy (non-hydrogen) atoms. The maximum absolute atomic E-state index is 12.2. The molecule has 2 aliphatic rings. The van der Waals surface area contributed by atoms with Gasteiger partial charge in [-0.2, -0.15) is 0 Å². The van der Waals surface area contributed by atoms with Crippen LogP contribution in [0.2, 0.25) is 0 Å². The zero-order valence-electron chi connectivity index (χ0n) is 12.8. The number of hydrogen-bond donors (Lipinski definition) is 0. The number of furan rings is 1. The monoisotopic (exact) mass is 291 g/mol. The fourth-order valence-electron chi connectivity index (χ4n) is 3.43. The average molecular weight is 291 g/mol. The van der Waals surface area contributed by atoms with E-state index >= 15 is 0 Å². The second-order valence-electron chi connectivity index (χ2n) is 5.97. The van der Waals surface area contributed by atoms with Gasteiger partial charge in [0.2, 0.25) is 0 Å². The summed E-state index contributed by atoms with van der Waals surface area (Å²) < 4.78 is 5.21. The average Bonchev–Trinajstić information content (AvgIpc) is 3.09. The van der Waals surface area contributed by atoms with Crippen molar-refractivity contribution in [2.24, 2.45) is 0 Å². The Balaban J connectivity index is 1.48. The molecule has 0 N–H and O–H groups in total. The molecule has 2 aliphatic heterocycles. The number of likely N-dealkylation sites (N-methyl/N-ethyl adjacent to an activating group) is 1. The molecule has 1 aromatic heterocycles. The third-order valence-corrected chi connectivity index (χ3v) is 4.85. The van der Waals surface area contributed by atoms with E-state index in [-0.39, 0.29) is 5.91 Å². The summed E-state index contributed by atoms with van der Waals surface area (Å²) in [5.41, 5.74) is 0. The first-order valence-electron chi connectivity index (χ1n) is 8.07. The number of rotatable bonds is 3. The highest BCUT2D eigenvalue weighted by Crippen LogP contribution is 2.20. The summed E-state index contributed by atoms with van der Waals surface area (Å²) in [5.74, 6) is 0.499. The SMILES string of the molecule is CCN1CCN(C2CCN(C(=O)c3ccco3)CC2)CC1. The van der Waals surface area contributed by atoms with Crippen LogP contribution in [-0.2, 0) is 0 Å². The Bertz CT molecular complexity index is 444. The summed E-state index contributed by atoms with van der Waals surface area (Å²) in [6, 6.07) is 4.16. The smallest absolute Gasteiger partial charge is 0.289 e. The van der Waals surface area contributed by atoms with Gasteiger partial charge in [-0.05, 0) is 31.5 Å². The van der Waals surface area contributed by atoms with Crippen molar-refractivity contribution in [1.82, 2.24) is 14.7 Å². The second kappa shape index (κ2) is 6.62. The predicted octanol–water partition coefficient (Wildman–Crippen LogP) is 1.52. The highest BCUT2D eigenvalue weighted by Gasteiger charge is 2.29. The first kappa shape index (κ1) is 14.6. The van der Waals surface area contributed by atoms with Crippen molar-refractivity contribution in [2.45, 2.75) is 25.8 Å². The Morgan fingerprint density at radius 1 is 1.19 bits per heavy atom. The fraction of sp³-hybridized carbons (Fsp3) is 0.688. The van der Waals surface area contributed by atoms with Crippen LogP contribution < -0.4 is 0 Å². The molecule has 0 aromatic carbocycles. The Labute approximate surface area is 126 Å². The number of amides is 1. The molecule has 2 fully saturated rings. The van der Waals surface area contributed by atoms with Gasteiger partial charge in [0.15, 0.2) is 5.76 Å². The third kappa shape index (κ3) is 3.30. The molecule has 0 spiro atoms. The molecule has 0 radical (unpaired) electrons. The topological polar surface area (TPSA) is 39.9 Å². The van der Waals surface area contributed by atoms with Crippen LogP contribution in [0.3, 0.4) is 0 Å². The second-order valence-corrected chi connectivity index (χ2v) is 5.97. The van der Waals surface area contributed by atoms with Crippen molar-refractivity contribution >= 4 is 5.91 Å². The van der Waals surface area contributed by atoms with Crippen molar-refractivity contribution < 1.29 is 9.21 Å². The van der Waals surface area contributed by atoms with Gasteiger partial charge >= 0.3 is 0 Å². The highest BCUT2D eigenvalue weighted by molar-refractivity contribution is 5.91. The van der Waals surface area contributed by atoms with Crippen molar-refractivity contribution in [1.29, 1.82) is 0 Å². The van der Waals surface area contributed by atoms with E-state index in [2.05, 4.69) is 16.7 Å². The minimum atomic E-state index is 0.0363. The van der Waals surface area contributed by atoms with Crippen LogP contribution in [0.5, 0.6) is 0 Å². The molecule has 0 aliphatic carbocycles. The normalized spacial score (nSPS) is 22.6. The Morgan fingerprint density at radius 3 is 2.48 bits per heavy atom. The van der Waals surface area contributed by atoms with E-state index in [4.69, 9.17) is 4.42 Å². The molecule has 2 saturated heterocycles. The van der Waals surface area contributed by atoms with E-state index in [1.54, 1.807) is 18.4 Å². The van der Waals surface area contributed by atoms with Gasteiger partial charge in [0.1, 0.15) is 0 Å². The van der Waals surface area contributed by atoms with Gasteiger partial charge in [-0.15, -0.1) is 0 Å². The third-order valence-electron chi connectivity index (χ3n) is 4.85. The van der Waals surface area contributed by atoms with Crippen molar-refractivity contribution in [3.8, 4) is 0 Å². The zero-order valence-corrected chi connectivity index (χ0v) is 12.8. The van der Waals surface area contributed by atoms with Gasteiger partial charge in [0, 0.05) is 45.3 Å². The lowest BCUT2D eigenvalue weighted by Crippen LogP contribution is -2.53. The van der Waals surface area contributed by atoms with Crippen molar-refractivity contribution in [3.63, 3.8) is 0 Å². The predicted molar refractivity (Wildman–Crippen MR) is 81.3 cm³/mol. The van der Waals surface area contributed by atoms with E-state index in [1.165, 1.54) is 26.2 Å². The van der Waals surface area contributed by atoms with Gasteiger partial charge in [-0.1, -0.05) is 6.92 Å². The molecule has 3 rings (SSSR count). The minimum absolute atomic E-state index is 0.0363. The molecule has 5 nitrogen and oxygen atoms in total. The lowest BCUT2D eigenvalue weighted by molar-refractivity contribution is 0.0470. The van der Waals surface area contributed by atoms with Crippen LogP contribution >= 0.6 is 0 Å². The Kier molecular flexibility index (Phi) is 4.60. The maximum atomic E-state index is 12.2. The highest BCUT2D eigenvalue weighted by atomic mass is 16.3. The van der Waals surface area contributed by atoms with Crippen LogP contribution in [0.4, 0.5) is 0 Å². The van der Waals surface area contributed by atoms with Crippen LogP contribution in [0.25, 0.3) is 0 Å². The molecule has 0 atom stereocenters. The van der Waals surface area contributed by atoms with E-state index in [1.807, 2.05) is 4.90 Å². The van der Waals surface area contributed by atoms with E-state index in [0.717, 1.165) is 32.5 Å². The Hall–Kier alpha value is -1.33. The lowest BCUT2D eigenvalue weighted by atomic mass is 10.0. The van der Waals surface area contributed by atoms with Crippen LogP contribution in [0.1, 0.15) is 30.3 Å². The summed E-state index contributed by atoms with van der Waals surface area (Å²) in [6.45, 7) is 9.79. The number of carbonyl (C=O) groups is 1. The lowest BCUT2D eigenvalue weighted by Gasteiger charge is -2.42. The van der Waals surface area contributed by atoms with Gasteiger partial charge in [0.25, 0.3) is 5.91 Å². The summed E-state index contributed by atoms with van der Waals surface area (Å²) in [5, 5.41) is 0. The van der Waals surface area contributed by atoms with Crippen LogP contribution in [0, 0.1) is 0 Å². The fourth-order valence-corrected chi connectivity index (χ4v) is 3.43. The van der Waals surface area contributed by atoms with Crippen molar-refractivity contribution in [3.05, 3.63) is 24.2 Å². The van der Waals surface area contributed by atoms with Crippen LogP contribution in [-0.4, -0.2) is 72.5 Å². The molecule has 3 heterocycles. The molecule has 1 aromatic rings. The standard InChI is InChI=1S/C16H25N3O2/c1-2-17-9-11-18(12-10-17)14-5-7-19(8-6-14)16(20)15-4-3-13-21-15/h3-4,13-14H,2,5-12H2,1H3. The molecule has 5 heteroatoms. The van der Waals surface area contributed by atoms with Crippen LogP contribution in [0.15, 0.2) is 22.8 Å². The minimum Gasteiger partial charge on any atom is -0.459 e. The molecular formula is C16H25N3O2. The van der Waals surface area contributed by atoms with Gasteiger partial charge in [-0.25, -0.2) is 0 Å². The summed E-state index contributed by atoms with van der Waals surface area (Å²) in [6.07, 6.45) is 3.73. The first-order chi connectivity index (χ1) is 10.3. The molecule has 1 amide bonds. The number of piperidine rings is 1.